The van der Waals surface area contributed by atoms with Crippen LogP contribution in [0.3, 0.4) is 0 Å². The second-order valence-electron chi connectivity index (χ2n) is 5.10. The molecule has 104 valence electrons. The number of esters is 1. The summed E-state index contributed by atoms with van der Waals surface area (Å²) >= 11 is 0. The summed E-state index contributed by atoms with van der Waals surface area (Å²) in [7, 11) is 0. The van der Waals surface area contributed by atoms with Crippen molar-refractivity contribution in [1.29, 1.82) is 0 Å². The predicted molar refractivity (Wildman–Crippen MR) is 71.1 cm³/mol. The summed E-state index contributed by atoms with van der Waals surface area (Å²) in [6, 6.07) is 5.61. The van der Waals surface area contributed by atoms with Gasteiger partial charge in [-0.05, 0) is 56.4 Å². The maximum absolute atomic E-state index is 11.4. The third kappa shape index (κ3) is 3.70. The van der Waals surface area contributed by atoms with Gasteiger partial charge in [-0.2, -0.15) is 0 Å². The minimum absolute atomic E-state index is 0.104. The summed E-state index contributed by atoms with van der Waals surface area (Å²) < 4.78 is 10.4. The molecule has 1 aliphatic carbocycles. The third-order valence-corrected chi connectivity index (χ3v) is 3.12. The number of benzene rings is 1. The molecule has 0 aromatic heterocycles. The van der Waals surface area contributed by atoms with Crippen molar-refractivity contribution >= 4 is 5.97 Å². The number of aryl methyl sites for hydroxylation is 1. The van der Waals surface area contributed by atoms with E-state index in [2.05, 4.69) is 0 Å². The van der Waals surface area contributed by atoms with Crippen LogP contribution in [0.25, 0.3) is 0 Å². The van der Waals surface area contributed by atoms with Crippen LogP contribution in [0.2, 0.25) is 0 Å². The van der Waals surface area contributed by atoms with Crippen LogP contribution in [0, 0.1) is 0 Å². The summed E-state index contributed by atoms with van der Waals surface area (Å²) in [5.74, 6) is 0.216. The van der Waals surface area contributed by atoms with E-state index in [1.165, 1.54) is 0 Å². The molecule has 1 atom stereocenters. The van der Waals surface area contributed by atoms with Gasteiger partial charge >= 0.3 is 5.97 Å². The minimum Gasteiger partial charge on any atom is -0.482 e. The average molecular weight is 264 g/mol. The molecule has 1 N–H and O–H groups in total. The summed E-state index contributed by atoms with van der Waals surface area (Å²) in [6.45, 7) is 3.49. The fraction of sp³-hybridized carbons (Fsp3) is 0.533. The van der Waals surface area contributed by atoms with Crippen molar-refractivity contribution in [1.82, 2.24) is 0 Å². The molecule has 1 aliphatic rings. The second kappa shape index (κ2) is 6.06. The summed E-state index contributed by atoms with van der Waals surface area (Å²) in [5.41, 5.74) is 2.08. The topological polar surface area (TPSA) is 55.8 Å². The van der Waals surface area contributed by atoms with Gasteiger partial charge in [0.25, 0.3) is 0 Å². The average Bonchev–Trinajstić information content (AvgIpc) is 2.36. The molecule has 2 rings (SSSR count). The van der Waals surface area contributed by atoms with Crippen LogP contribution in [0.1, 0.15) is 43.9 Å². The van der Waals surface area contributed by atoms with Gasteiger partial charge in [-0.1, -0.05) is 6.07 Å². The number of fused-ring (bicyclic) bond motifs is 1. The number of aliphatic hydroxyl groups excluding tert-OH is 1. The van der Waals surface area contributed by atoms with Crippen molar-refractivity contribution in [2.24, 2.45) is 0 Å². The first-order valence-electron chi connectivity index (χ1n) is 6.69. The number of hydrogen-bond acceptors (Lipinski definition) is 4. The van der Waals surface area contributed by atoms with Crippen molar-refractivity contribution in [3.05, 3.63) is 29.3 Å². The Morgan fingerprint density at radius 2 is 2.26 bits per heavy atom. The van der Waals surface area contributed by atoms with Gasteiger partial charge in [-0.15, -0.1) is 0 Å². The zero-order valence-electron chi connectivity index (χ0n) is 11.4. The van der Waals surface area contributed by atoms with Gasteiger partial charge in [-0.25, -0.2) is 4.79 Å². The van der Waals surface area contributed by atoms with Gasteiger partial charge < -0.3 is 14.6 Å². The van der Waals surface area contributed by atoms with Crippen molar-refractivity contribution in [2.75, 3.05) is 6.61 Å². The summed E-state index contributed by atoms with van der Waals surface area (Å²) in [6.07, 6.45) is 2.22. The molecule has 0 heterocycles. The molecule has 4 heteroatoms. The number of carbonyl (C=O) groups is 1. The highest BCUT2D eigenvalue weighted by Gasteiger charge is 2.18. The molecule has 4 nitrogen and oxygen atoms in total. The van der Waals surface area contributed by atoms with Gasteiger partial charge in [-0.3, -0.25) is 0 Å². The lowest BCUT2D eigenvalue weighted by Gasteiger charge is -2.21. The lowest BCUT2D eigenvalue weighted by atomic mass is 9.89. The molecule has 0 bridgehead atoms. The normalized spacial score (nSPS) is 18.0. The largest absolute Gasteiger partial charge is 0.482 e. The van der Waals surface area contributed by atoms with E-state index >= 15 is 0 Å². The van der Waals surface area contributed by atoms with E-state index in [9.17, 15) is 9.90 Å². The number of rotatable bonds is 4. The first kappa shape index (κ1) is 13.9. The zero-order valence-corrected chi connectivity index (χ0v) is 11.4. The van der Waals surface area contributed by atoms with E-state index in [-0.39, 0.29) is 18.7 Å². The fourth-order valence-electron chi connectivity index (χ4n) is 2.28. The van der Waals surface area contributed by atoms with Gasteiger partial charge in [0, 0.05) is 0 Å². The molecule has 0 saturated carbocycles. The summed E-state index contributed by atoms with van der Waals surface area (Å²) in [5, 5.41) is 9.93. The Bertz CT molecular complexity index is 453. The van der Waals surface area contributed by atoms with E-state index in [4.69, 9.17) is 9.47 Å². The van der Waals surface area contributed by atoms with Gasteiger partial charge in [0.2, 0.25) is 0 Å². The van der Waals surface area contributed by atoms with E-state index in [0.29, 0.717) is 5.75 Å². The minimum atomic E-state index is -0.421. The standard InChI is InChI=1S/C15H20O4/c1-10(2)19-15(17)9-18-12-7-6-11-4-3-5-14(16)13(11)8-12/h6-8,10,14,16H,3-5,9H2,1-2H3. The quantitative estimate of drug-likeness (QED) is 0.848. The first-order valence-corrected chi connectivity index (χ1v) is 6.69. The highest BCUT2D eigenvalue weighted by Crippen LogP contribution is 2.32. The maximum atomic E-state index is 11.4. The number of ether oxygens (including phenoxy) is 2. The van der Waals surface area contributed by atoms with Crippen LogP contribution in [0.5, 0.6) is 5.75 Å². The zero-order chi connectivity index (χ0) is 13.8. The SMILES string of the molecule is CC(C)OC(=O)COc1ccc2c(c1)C(O)CCC2. The molecular formula is C15H20O4. The Balaban J connectivity index is 1.98. The van der Waals surface area contributed by atoms with Crippen LogP contribution >= 0.6 is 0 Å². The molecule has 0 fully saturated rings. The molecule has 0 spiro atoms. The molecule has 0 aliphatic heterocycles. The van der Waals surface area contributed by atoms with E-state index in [1.807, 2.05) is 18.2 Å². The van der Waals surface area contributed by atoms with E-state index in [1.54, 1.807) is 13.8 Å². The molecular weight excluding hydrogens is 244 g/mol. The Labute approximate surface area is 113 Å². The highest BCUT2D eigenvalue weighted by atomic mass is 16.6. The molecule has 1 aromatic carbocycles. The third-order valence-electron chi connectivity index (χ3n) is 3.12. The van der Waals surface area contributed by atoms with Crippen LogP contribution in [0.4, 0.5) is 0 Å². The van der Waals surface area contributed by atoms with Crippen molar-refractivity contribution in [3.63, 3.8) is 0 Å². The van der Waals surface area contributed by atoms with Crippen LogP contribution in [-0.4, -0.2) is 23.8 Å². The monoisotopic (exact) mass is 264 g/mol. The van der Waals surface area contributed by atoms with E-state index < -0.39 is 6.10 Å². The van der Waals surface area contributed by atoms with Crippen LogP contribution in [0.15, 0.2) is 18.2 Å². The summed E-state index contributed by atoms with van der Waals surface area (Å²) in [4.78, 5) is 11.4. The van der Waals surface area contributed by atoms with Crippen molar-refractivity contribution < 1.29 is 19.4 Å². The molecule has 1 aromatic rings. The molecule has 0 saturated heterocycles. The Morgan fingerprint density at radius 3 is 3.00 bits per heavy atom. The lowest BCUT2D eigenvalue weighted by Crippen LogP contribution is -2.19. The number of aliphatic hydroxyl groups is 1. The van der Waals surface area contributed by atoms with Gasteiger partial charge in [0.15, 0.2) is 6.61 Å². The molecule has 0 radical (unpaired) electrons. The maximum Gasteiger partial charge on any atom is 0.344 e. The van der Waals surface area contributed by atoms with E-state index in [0.717, 1.165) is 30.4 Å². The Morgan fingerprint density at radius 1 is 1.47 bits per heavy atom. The molecule has 0 amide bonds. The van der Waals surface area contributed by atoms with Gasteiger partial charge in [0.1, 0.15) is 5.75 Å². The predicted octanol–water partition coefficient (Wildman–Crippen LogP) is 2.39. The second-order valence-corrected chi connectivity index (χ2v) is 5.10. The first-order chi connectivity index (χ1) is 9.06. The lowest BCUT2D eigenvalue weighted by molar-refractivity contribution is -0.149. The molecule has 19 heavy (non-hydrogen) atoms. The van der Waals surface area contributed by atoms with Crippen molar-refractivity contribution in [2.45, 2.75) is 45.3 Å². The number of hydrogen-bond donors (Lipinski definition) is 1. The Hall–Kier alpha value is -1.55. The highest BCUT2D eigenvalue weighted by molar-refractivity contribution is 5.71. The fourth-order valence-corrected chi connectivity index (χ4v) is 2.28. The smallest absolute Gasteiger partial charge is 0.344 e. The Kier molecular flexibility index (Phi) is 4.43. The number of carbonyl (C=O) groups excluding carboxylic acids is 1. The van der Waals surface area contributed by atoms with Gasteiger partial charge in [0.05, 0.1) is 12.2 Å². The van der Waals surface area contributed by atoms with Crippen LogP contribution < -0.4 is 4.74 Å². The van der Waals surface area contributed by atoms with Crippen LogP contribution in [-0.2, 0) is 16.0 Å². The van der Waals surface area contributed by atoms with Crippen molar-refractivity contribution in [3.8, 4) is 5.75 Å². The molecule has 1 unspecified atom stereocenters.